The van der Waals surface area contributed by atoms with Crippen LogP contribution in [0, 0.1) is 0 Å². The molecule has 1 heterocycles. The lowest BCUT2D eigenvalue weighted by Crippen LogP contribution is -1.99. The van der Waals surface area contributed by atoms with Crippen LogP contribution in [-0.4, -0.2) is 9.97 Å². The van der Waals surface area contributed by atoms with Crippen LogP contribution in [0.1, 0.15) is 25.4 Å². The van der Waals surface area contributed by atoms with Gasteiger partial charge in [0.15, 0.2) is 0 Å². The molecule has 0 aliphatic rings. The van der Waals surface area contributed by atoms with Crippen LogP contribution in [-0.2, 0) is 12.8 Å². The quantitative estimate of drug-likeness (QED) is 0.780. The predicted molar refractivity (Wildman–Crippen MR) is 66.2 cm³/mol. The van der Waals surface area contributed by atoms with Gasteiger partial charge >= 0.3 is 0 Å². The van der Waals surface area contributed by atoms with Gasteiger partial charge in [0.25, 0.3) is 0 Å². The minimum atomic E-state index is 0.883. The van der Waals surface area contributed by atoms with Crippen LogP contribution >= 0.6 is 0 Å². The van der Waals surface area contributed by atoms with E-state index in [-0.39, 0.29) is 0 Å². The van der Waals surface area contributed by atoms with E-state index in [0.29, 0.717) is 0 Å². The topological polar surface area (TPSA) is 25.8 Å². The number of aryl methyl sites for hydroxylation is 2. The third kappa shape index (κ3) is 2.27. The Morgan fingerprint density at radius 1 is 0.938 bits per heavy atom. The van der Waals surface area contributed by atoms with E-state index in [2.05, 4.69) is 42.0 Å². The number of rotatable bonds is 3. The Bertz CT molecular complexity index is 441. The van der Waals surface area contributed by atoms with Gasteiger partial charge < -0.3 is 0 Å². The molecule has 2 rings (SSSR count). The Morgan fingerprint density at radius 2 is 1.69 bits per heavy atom. The molecule has 2 aromatic rings. The maximum absolute atomic E-state index is 4.56. The lowest BCUT2D eigenvalue weighted by Gasteiger charge is -2.05. The largest absolute Gasteiger partial charge is 0.238 e. The second-order valence-corrected chi connectivity index (χ2v) is 3.73. The molecule has 0 aliphatic carbocycles. The fourth-order valence-corrected chi connectivity index (χ4v) is 1.65. The molecule has 82 valence electrons. The Hall–Kier alpha value is -1.70. The average Bonchev–Trinajstić information content (AvgIpc) is 2.39. The van der Waals surface area contributed by atoms with Gasteiger partial charge in [-0.2, -0.15) is 0 Å². The molecule has 1 aromatic carbocycles. The molecular formula is C14H16N2. The van der Waals surface area contributed by atoms with E-state index in [1.807, 2.05) is 18.2 Å². The average molecular weight is 212 g/mol. The van der Waals surface area contributed by atoms with Gasteiger partial charge in [0, 0.05) is 17.7 Å². The van der Waals surface area contributed by atoms with Crippen LogP contribution in [0.4, 0.5) is 0 Å². The molecule has 0 saturated carbocycles. The summed E-state index contributed by atoms with van der Waals surface area (Å²) < 4.78 is 0. The molecule has 2 nitrogen and oxygen atoms in total. The van der Waals surface area contributed by atoms with Gasteiger partial charge in [0.05, 0.1) is 5.69 Å². The number of hydrogen-bond acceptors (Lipinski definition) is 2. The minimum absolute atomic E-state index is 0.883. The van der Waals surface area contributed by atoms with Crippen molar-refractivity contribution in [1.29, 1.82) is 0 Å². The summed E-state index contributed by atoms with van der Waals surface area (Å²) >= 11 is 0. The Labute approximate surface area is 96.4 Å². The van der Waals surface area contributed by atoms with E-state index >= 15 is 0 Å². The standard InChI is InChI=1S/C14H16N2/c1-3-12-10-13(16-14(4-2)15-12)11-8-6-5-7-9-11/h5-10H,3-4H2,1-2H3. The van der Waals surface area contributed by atoms with E-state index in [1.54, 1.807) is 0 Å². The summed E-state index contributed by atoms with van der Waals surface area (Å²) in [6, 6.07) is 12.3. The smallest absolute Gasteiger partial charge is 0.129 e. The van der Waals surface area contributed by atoms with Gasteiger partial charge in [-0.25, -0.2) is 9.97 Å². The maximum Gasteiger partial charge on any atom is 0.129 e. The zero-order valence-electron chi connectivity index (χ0n) is 9.77. The molecule has 0 unspecified atom stereocenters. The lowest BCUT2D eigenvalue weighted by atomic mass is 10.1. The molecule has 1 aromatic heterocycles. The van der Waals surface area contributed by atoms with Crippen LogP contribution in [0.3, 0.4) is 0 Å². The molecular weight excluding hydrogens is 196 g/mol. The first kappa shape index (κ1) is 10.8. The van der Waals surface area contributed by atoms with Crippen molar-refractivity contribution in [2.75, 3.05) is 0 Å². The van der Waals surface area contributed by atoms with Crippen molar-refractivity contribution in [3.8, 4) is 11.3 Å². The van der Waals surface area contributed by atoms with Crippen molar-refractivity contribution < 1.29 is 0 Å². The van der Waals surface area contributed by atoms with Crippen LogP contribution in [0.25, 0.3) is 11.3 Å². The van der Waals surface area contributed by atoms with Crippen molar-refractivity contribution >= 4 is 0 Å². The molecule has 0 spiro atoms. The summed E-state index contributed by atoms with van der Waals surface area (Å²) in [4.78, 5) is 9.04. The molecule has 0 radical (unpaired) electrons. The predicted octanol–water partition coefficient (Wildman–Crippen LogP) is 3.27. The summed E-state index contributed by atoms with van der Waals surface area (Å²) in [5.74, 6) is 0.929. The third-order valence-corrected chi connectivity index (χ3v) is 2.57. The minimum Gasteiger partial charge on any atom is -0.238 e. The van der Waals surface area contributed by atoms with Gasteiger partial charge in [-0.05, 0) is 12.5 Å². The fourth-order valence-electron chi connectivity index (χ4n) is 1.65. The Morgan fingerprint density at radius 3 is 2.31 bits per heavy atom. The number of hydrogen-bond donors (Lipinski definition) is 0. The molecule has 0 atom stereocenters. The van der Waals surface area contributed by atoms with Crippen LogP contribution < -0.4 is 0 Å². The van der Waals surface area contributed by atoms with Crippen molar-refractivity contribution in [3.63, 3.8) is 0 Å². The van der Waals surface area contributed by atoms with Gasteiger partial charge in [0.2, 0.25) is 0 Å². The van der Waals surface area contributed by atoms with Crippen LogP contribution in [0.5, 0.6) is 0 Å². The highest BCUT2D eigenvalue weighted by Gasteiger charge is 2.03. The van der Waals surface area contributed by atoms with Gasteiger partial charge in [-0.1, -0.05) is 44.2 Å². The number of nitrogens with zero attached hydrogens (tertiary/aromatic N) is 2. The summed E-state index contributed by atoms with van der Waals surface area (Å²) in [6.07, 6.45) is 1.84. The maximum atomic E-state index is 4.56. The molecule has 2 heteroatoms. The summed E-state index contributed by atoms with van der Waals surface area (Å²) in [6.45, 7) is 4.21. The molecule has 0 amide bonds. The van der Waals surface area contributed by atoms with Crippen molar-refractivity contribution in [2.24, 2.45) is 0 Å². The van der Waals surface area contributed by atoms with Crippen molar-refractivity contribution in [3.05, 3.63) is 47.9 Å². The first-order valence-corrected chi connectivity index (χ1v) is 5.75. The lowest BCUT2D eigenvalue weighted by molar-refractivity contribution is 0.891. The van der Waals surface area contributed by atoms with Crippen molar-refractivity contribution in [1.82, 2.24) is 9.97 Å². The molecule has 0 aliphatic heterocycles. The van der Waals surface area contributed by atoms with E-state index in [1.165, 1.54) is 0 Å². The van der Waals surface area contributed by atoms with Gasteiger partial charge in [-0.3, -0.25) is 0 Å². The SMILES string of the molecule is CCc1cc(-c2ccccc2)nc(CC)n1. The summed E-state index contributed by atoms with van der Waals surface area (Å²) in [5.41, 5.74) is 3.31. The number of aromatic nitrogens is 2. The monoisotopic (exact) mass is 212 g/mol. The van der Waals surface area contributed by atoms with Gasteiger partial charge in [-0.15, -0.1) is 0 Å². The molecule has 16 heavy (non-hydrogen) atoms. The van der Waals surface area contributed by atoms with Gasteiger partial charge in [0.1, 0.15) is 5.82 Å². The first-order chi connectivity index (χ1) is 7.83. The highest BCUT2D eigenvalue weighted by molar-refractivity contribution is 5.59. The zero-order chi connectivity index (χ0) is 11.4. The normalized spacial score (nSPS) is 10.4. The molecule has 0 saturated heterocycles. The van der Waals surface area contributed by atoms with E-state index in [0.717, 1.165) is 35.6 Å². The van der Waals surface area contributed by atoms with E-state index in [4.69, 9.17) is 0 Å². The van der Waals surface area contributed by atoms with E-state index < -0.39 is 0 Å². The summed E-state index contributed by atoms with van der Waals surface area (Å²) in [7, 11) is 0. The molecule has 0 bridgehead atoms. The Balaban J connectivity index is 2.48. The van der Waals surface area contributed by atoms with Crippen molar-refractivity contribution in [2.45, 2.75) is 26.7 Å². The zero-order valence-corrected chi connectivity index (χ0v) is 9.77. The third-order valence-electron chi connectivity index (χ3n) is 2.57. The first-order valence-electron chi connectivity index (χ1n) is 5.75. The highest BCUT2D eigenvalue weighted by atomic mass is 14.9. The molecule has 0 fully saturated rings. The second kappa shape index (κ2) is 4.88. The van der Waals surface area contributed by atoms with Crippen LogP contribution in [0.15, 0.2) is 36.4 Å². The summed E-state index contributed by atoms with van der Waals surface area (Å²) in [5, 5.41) is 0. The Kier molecular flexibility index (Phi) is 3.30. The highest BCUT2D eigenvalue weighted by Crippen LogP contribution is 2.17. The number of benzene rings is 1. The van der Waals surface area contributed by atoms with Crippen LogP contribution in [0.2, 0.25) is 0 Å². The molecule has 0 N–H and O–H groups in total. The second-order valence-electron chi connectivity index (χ2n) is 3.73. The fraction of sp³-hybridized carbons (Fsp3) is 0.286. The van der Waals surface area contributed by atoms with E-state index in [9.17, 15) is 0 Å².